The topological polar surface area (TPSA) is 6.48 Å². The Labute approximate surface area is 178 Å². The van der Waals surface area contributed by atoms with E-state index < -0.39 is 0 Å². The minimum Gasteiger partial charge on any atom is -0.356 e. The Morgan fingerprint density at radius 1 is 0.607 bits per heavy atom. The molecule has 0 aromatic rings. The molecule has 2 heteroatoms. The lowest BCUT2D eigenvalue weighted by atomic mass is 10.0. The van der Waals surface area contributed by atoms with Crippen LogP contribution >= 0.6 is 0 Å². The summed E-state index contributed by atoms with van der Waals surface area (Å²) in [6.07, 6.45) is 29.4. The molecule has 0 spiro atoms. The van der Waals surface area contributed by atoms with Crippen LogP contribution in [0.4, 0.5) is 0 Å². The van der Waals surface area contributed by atoms with Gasteiger partial charge < -0.3 is 9.80 Å². The lowest BCUT2D eigenvalue weighted by Gasteiger charge is -2.35. The van der Waals surface area contributed by atoms with Crippen molar-refractivity contribution in [3.05, 3.63) is 12.4 Å². The van der Waals surface area contributed by atoms with Crippen LogP contribution in [0.1, 0.15) is 137 Å². The van der Waals surface area contributed by atoms with Crippen molar-refractivity contribution < 1.29 is 0 Å². The van der Waals surface area contributed by atoms with Crippen molar-refractivity contribution in [3.8, 4) is 0 Å². The van der Waals surface area contributed by atoms with Crippen LogP contribution in [0.3, 0.4) is 0 Å². The number of nitrogens with zero attached hydrogens (tertiary/aromatic N) is 2. The summed E-state index contributed by atoms with van der Waals surface area (Å²) in [5.41, 5.74) is 0. The van der Waals surface area contributed by atoms with Crippen LogP contribution in [0.2, 0.25) is 0 Å². The second-order valence-electron chi connectivity index (χ2n) is 9.30. The summed E-state index contributed by atoms with van der Waals surface area (Å²) >= 11 is 0. The third kappa shape index (κ3) is 11.4. The van der Waals surface area contributed by atoms with Crippen molar-refractivity contribution in [2.45, 2.75) is 149 Å². The van der Waals surface area contributed by atoms with E-state index in [1.54, 1.807) is 0 Å². The Bertz CT molecular complexity index is 363. The van der Waals surface area contributed by atoms with Crippen LogP contribution in [-0.2, 0) is 0 Å². The van der Waals surface area contributed by atoms with Crippen LogP contribution in [-0.4, -0.2) is 28.6 Å². The summed E-state index contributed by atoms with van der Waals surface area (Å²) in [5.74, 6) is 0. The second kappa shape index (κ2) is 17.2. The molecule has 1 aliphatic rings. The highest BCUT2D eigenvalue weighted by Gasteiger charge is 2.26. The molecule has 1 unspecified atom stereocenters. The molecular weight excluding hydrogens is 340 g/mol. The molecule has 0 bridgehead atoms. The number of rotatable bonds is 19. The van der Waals surface area contributed by atoms with Crippen LogP contribution in [0, 0.1) is 0 Å². The Kier molecular flexibility index (Phi) is 15.6. The highest BCUT2D eigenvalue weighted by molar-refractivity contribution is 4.98. The van der Waals surface area contributed by atoms with Gasteiger partial charge in [-0.15, -0.1) is 0 Å². The molecule has 0 saturated carbocycles. The molecule has 2 nitrogen and oxygen atoms in total. The van der Waals surface area contributed by atoms with Gasteiger partial charge in [-0.05, 0) is 33.1 Å². The van der Waals surface area contributed by atoms with Crippen molar-refractivity contribution in [3.63, 3.8) is 0 Å². The largest absolute Gasteiger partial charge is 0.356 e. The van der Waals surface area contributed by atoms with E-state index in [0.29, 0.717) is 12.2 Å². The molecule has 0 N–H and O–H groups in total. The lowest BCUT2D eigenvalue weighted by Crippen LogP contribution is -2.42. The van der Waals surface area contributed by atoms with Gasteiger partial charge in [0.15, 0.2) is 0 Å². The molecule has 1 atom stereocenters. The van der Waals surface area contributed by atoms with E-state index in [0.717, 1.165) is 0 Å². The summed E-state index contributed by atoms with van der Waals surface area (Å²) < 4.78 is 0. The van der Waals surface area contributed by atoms with Crippen molar-refractivity contribution in [2.24, 2.45) is 0 Å². The van der Waals surface area contributed by atoms with Crippen LogP contribution < -0.4 is 0 Å². The third-order valence-corrected chi connectivity index (χ3v) is 6.34. The van der Waals surface area contributed by atoms with Gasteiger partial charge in [-0.3, -0.25) is 0 Å². The first-order valence-corrected chi connectivity index (χ1v) is 12.9. The minimum atomic E-state index is 0.611. The quantitative estimate of drug-likeness (QED) is 0.203. The molecule has 28 heavy (non-hydrogen) atoms. The molecule has 0 aromatic carbocycles. The second-order valence-corrected chi connectivity index (χ2v) is 9.30. The van der Waals surface area contributed by atoms with Gasteiger partial charge in [0.25, 0.3) is 0 Å². The lowest BCUT2D eigenvalue weighted by molar-refractivity contribution is 0.114. The molecule has 0 radical (unpaired) electrons. The zero-order chi connectivity index (χ0) is 20.5. The highest BCUT2D eigenvalue weighted by Crippen LogP contribution is 2.24. The van der Waals surface area contributed by atoms with Gasteiger partial charge in [-0.1, -0.05) is 104 Å². The van der Waals surface area contributed by atoms with Gasteiger partial charge in [0.05, 0.1) is 0 Å². The molecule has 1 aliphatic heterocycles. The first-order valence-electron chi connectivity index (χ1n) is 12.9. The van der Waals surface area contributed by atoms with Gasteiger partial charge in [0.2, 0.25) is 0 Å². The summed E-state index contributed by atoms with van der Waals surface area (Å²) in [5, 5.41) is 0. The first kappa shape index (κ1) is 25.4. The maximum absolute atomic E-state index is 2.59. The SMILES string of the molecule is CCCCCCCCCCCCCCCCC1N(CCCC)C=CN1C(C)C. The van der Waals surface area contributed by atoms with Crippen LogP contribution in [0.15, 0.2) is 12.4 Å². The smallest absolute Gasteiger partial charge is 0.101 e. The van der Waals surface area contributed by atoms with Crippen LogP contribution in [0.5, 0.6) is 0 Å². The van der Waals surface area contributed by atoms with Crippen LogP contribution in [0.25, 0.3) is 0 Å². The standard InChI is InChI=1S/C26H52N2/c1-5-7-9-10-11-12-13-14-15-16-17-18-19-20-21-26-27(22-8-6-2)23-24-28(26)25(3)4/h23-26H,5-22H2,1-4H3. The van der Waals surface area contributed by atoms with E-state index in [1.165, 1.54) is 116 Å². The van der Waals surface area contributed by atoms with Gasteiger partial charge in [0, 0.05) is 25.0 Å². The molecule has 1 heterocycles. The van der Waals surface area contributed by atoms with Gasteiger partial charge in [0.1, 0.15) is 6.17 Å². The maximum Gasteiger partial charge on any atom is 0.101 e. The molecular formula is C26H52N2. The molecule has 0 fully saturated rings. The normalized spacial score (nSPS) is 16.7. The fourth-order valence-corrected chi connectivity index (χ4v) is 4.45. The van der Waals surface area contributed by atoms with E-state index in [4.69, 9.17) is 0 Å². The Hall–Kier alpha value is -0.660. The zero-order valence-electron chi connectivity index (χ0n) is 19.9. The predicted molar refractivity (Wildman–Crippen MR) is 126 cm³/mol. The van der Waals surface area contributed by atoms with E-state index >= 15 is 0 Å². The number of hydrogen-bond donors (Lipinski definition) is 0. The summed E-state index contributed by atoms with van der Waals surface area (Å²) in [6, 6.07) is 0.611. The van der Waals surface area contributed by atoms with E-state index in [9.17, 15) is 0 Å². The number of unbranched alkanes of at least 4 members (excludes halogenated alkanes) is 14. The number of hydrogen-bond acceptors (Lipinski definition) is 2. The monoisotopic (exact) mass is 392 g/mol. The van der Waals surface area contributed by atoms with E-state index in [1.807, 2.05) is 0 Å². The highest BCUT2D eigenvalue weighted by atomic mass is 15.4. The Morgan fingerprint density at radius 3 is 1.54 bits per heavy atom. The summed E-state index contributed by atoms with van der Waals surface area (Å²) in [7, 11) is 0. The molecule has 1 rings (SSSR count). The van der Waals surface area contributed by atoms with Crippen molar-refractivity contribution in [1.29, 1.82) is 0 Å². The average molecular weight is 393 g/mol. The summed E-state index contributed by atoms with van der Waals surface area (Å²) in [6.45, 7) is 10.5. The third-order valence-electron chi connectivity index (χ3n) is 6.34. The van der Waals surface area contributed by atoms with Crippen molar-refractivity contribution in [2.75, 3.05) is 6.54 Å². The zero-order valence-corrected chi connectivity index (χ0v) is 19.9. The molecule has 166 valence electrons. The maximum atomic E-state index is 2.59. The minimum absolute atomic E-state index is 0.611. The van der Waals surface area contributed by atoms with E-state index in [2.05, 4.69) is 49.9 Å². The fourth-order valence-electron chi connectivity index (χ4n) is 4.45. The average Bonchev–Trinajstić information content (AvgIpc) is 3.09. The van der Waals surface area contributed by atoms with Crippen molar-refractivity contribution >= 4 is 0 Å². The van der Waals surface area contributed by atoms with Gasteiger partial charge >= 0.3 is 0 Å². The molecule has 0 saturated heterocycles. The molecule has 0 aliphatic carbocycles. The predicted octanol–water partition coefficient (Wildman–Crippen LogP) is 8.48. The Morgan fingerprint density at radius 2 is 1.07 bits per heavy atom. The van der Waals surface area contributed by atoms with Gasteiger partial charge in [-0.25, -0.2) is 0 Å². The molecule has 0 amide bonds. The van der Waals surface area contributed by atoms with Gasteiger partial charge in [-0.2, -0.15) is 0 Å². The van der Waals surface area contributed by atoms with E-state index in [-0.39, 0.29) is 0 Å². The summed E-state index contributed by atoms with van der Waals surface area (Å²) in [4.78, 5) is 5.16. The first-order chi connectivity index (χ1) is 13.7. The Balaban J connectivity index is 1.98. The van der Waals surface area contributed by atoms with Crippen molar-refractivity contribution in [1.82, 2.24) is 9.80 Å². The fraction of sp³-hybridized carbons (Fsp3) is 0.923. The molecule has 0 aromatic heterocycles.